The second-order valence-electron chi connectivity index (χ2n) is 4.43. The van der Waals surface area contributed by atoms with E-state index in [2.05, 4.69) is 10.2 Å². The van der Waals surface area contributed by atoms with Gasteiger partial charge in [-0.2, -0.15) is 5.10 Å². The first-order valence-corrected chi connectivity index (χ1v) is 5.90. The molecule has 0 saturated carbocycles. The summed E-state index contributed by atoms with van der Waals surface area (Å²) in [6.45, 7) is 3.93. The van der Waals surface area contributed by atoms with Crippen LogP contribution in [0.2, 0.25) is 0 Å². The number of rotatable bonds is 4. The second kappa shape index (κ2) is 5.08. The monoisotopic (exact) mass is 247 g/mol. The van der Waals surface area contributed by atoms with Crippen LogP contribution in [0.3, 0.4) is 0 Å². The molecule has 0 bridgehead atoms. The highest BCUT2D eigenvalue weighted by Crippen LogP contribution is 2.14. The topological polar surface area (TPSA) is 59.9 Å². The molecule has 0 aliphatic heterocycles. The van der Waals surface area contributed by atoms with Crippen molar-refractivity contribution in [3.05, 3.63) is 46.1 Å². The number of methoxy groups -OCH3 is 1. The Kier molecular flexibility index (Phi) is 3.50. The molecule has 0 unspecified atom stereocenters. The van der Waals surface area contributed by atoms with Crippen LogP contribution in [-0.2, 0) is 6.42 Å². The number of aromatic amines is 1. The summed E-state index contributed by atoms with van der Waals surface area (Å²) in [7, 11) is 1.64. The fraction of sp³-hybridized carbons (Fsp3) is 0.385. The molecule has 1 heterocycles. The first kappa shape index (κ1) is 12.4. The molecule has 18 heavy (non-hydrogen) atoms. The van der Waals surface area contributed by atoms with Crippen LogP contribution in [0.4, 0.5) is 0 Å². The van der Waals surface area contributed by atoms with E-state index >= 15 is 0 Å². The maximum atomic E-state index is 11.6. The molecular weight excluding hydrogens is 230 g/mol. The van der Waals surface area contributed by atoms with Gasteiger partial charge in [0, 0.05) is 12.5 Å². The fourth-order valence-electron chi connectivity index (χ4n) is 1.92. The molecule has 0 fully saturated rings. The zero-order valence-corrected chi connectivity index (χ0v) is 10.8. The second-order valence-corrected chi connectivity index (χ2v) is 4.43. The lowest BCUT2D eigenvalue weighted by atomic mass is 10.1. The summed E-state index contributed by atoms with van der Waals surface area (Å²) in [4.78, 5) is 11.6. The largest absolute Gasteiger partial charge is 0.497 e. The smallest absolute Gasteiger partial charge is 0.343 e. The van der Waals surface area contributed by atoms with E-state index in [1.165, 1.54) is 0 Å². The molecule has 1 N–H and O–H groups in total. The van der Waals surface area contributed by atoms with Gasteiger partial charge in [-0.3, -0.25) is 4.57 Å². The van der Waals surface area contributed by atoms with Crippen molar-refractivity contribution in [2.45, 2.75) is 26.3 Å². The Balaban J connectivity index is 2.25. The van der Waals surface area contributed by atoms with E-state index in [4.69, 9.17) is 4.74 Å². The molecule has 1 aromatic carbocycles. The quantitative estimate of drug-likeness (QED) is 0.895. The molecule has 0 saturated heterocycles. The number of benzene rings is 1. The summed E-state index contributed by atoms with van der Waals surface area (Å²) in [6, 6.07) is 7.86. The minimum absolute atomic E-state index is 0.101. The summed E-state index contributed by atoms with van der Waals surface area (Å²) in [6.07, 6.45) is 0.626. The van der Waals surface area contributed by atoms with Gasteiger partial charge in [0.15, 0.2) is 0 Å². The molecule has 0 atom stereocenters. The Hall–Kier alpha value is -2.04. The molecule has 0 spiro atoms. The lowest BCUT2D eigenvalue weighted by Gasteiger charge is -2.09. The van der Waals surface area contributed by atoms with Gasteiger partial charge in [-0.25, -0.2) is 9.89 Å². The van der Waals surface area contributed by atoms with Crippen molar-refractivity contribution < 1.29 is 4.74 Å². The third-order valence-corrected chi connectivity index (χ3v) is 2.82. The Morgan fingerprint density at radius 3 is 2.56 bits per heavy atom. The number of aromatic nitrogens is 3. The summed E-state index contributed by atoms with van der Waals surface area (Å²) >= 11 is 0. The van der Waals surface area contributed by atoms with Crippen LogP contribution in [0.1, 0.15) is 31.3 Å². The highest BCUT2D eigenvalue weighted by molar-refractivity contribution is 5.28. The van der Waals surface area contributed by atoms with Gasteiger partial charge < -0.3 is 4.74 Å². The average molecular weight is 247 g/mol. The van der Waals surface area contributed by atoms with Crippen LogP contribution >= 0.6 is 0 Å². The molecule has 2 aromatic rings. The first-order valence-electron chi connectivity index (χ1n) is 5.90. The van der Waals surface area contributed by atoms with Crippen molar-refractivity contribution in [2.75, 3.05) is 7.11 Å². The molecule has 2 rings (SSSR count). The molecule has 0 aliphatic rings. The Morgan fingerprint density at radius 1 is 1.33 bits per heavy atom. The minimum atomic E-state index is -0.159. The SMILES string of the molecule is COc1ccc(Cc2n[nH]c(=O)n2C(C)C)cc1. The van der Waals surface area contributed by atoms with E-state index in [1.54, 1.807) is 11.7 Å². The zero-order chi connectivity index (χ0) is 13.1. The number of nitrogens with zero attached hydrogens (tertiary/aromatic N) is 2. The summed E-state index contributed by atoms with van der Waals surface area (Å²) < 4.78 is 6.78. The molecule has 0 radical (unpaired) electrons. The third kappa shape index (κ3) is 2.45. The lowest BCUT2D eigenvalue weighted by Crippen LogP contribution is -2.20. The van der Waals surface area contributed by atoms with E-state index in [9.17, 15) is 4.79 Å². The highest BCUT2D eigenvalue weighted by atomic mass is 16.5. The lowest BCUT2D eigenvalue weighted by molar-refractivity contribution is 0.414. The van der Waals surface area contributed by atoms with Gasteiger partial charge in [0.2, 0.25) is 0 Å². The van der Waals surface area contributed by atoms with Crippen molar-refractivity contribution in [1.82, 2.24) is 14.8 Å². The highest BCUT2D eigenvalue weighted by Gasteiger charge is 2.11. The average Bonchev–Trinajstić information content (AvgIpc) is 2.71. The maximum absolute atomic E-state index is 11.6. The van der Waals surface area contributed by atoms with E-state index in [0.29, 0.717) is 6.42 Å². The van der Waals surface area contributed by atoms with Crippen LogP contribution < -0.4 is 10.4 Å². The maximum Gasteiger partial charge on any atom is 0.343 e. The Morgan fingerprint density at radius 2 is 2.00 bits per heavy atom. The Labute approximate surface area is 105 Å². The standard InChI is InChI=1S/C13H17N3O2/c1-9(2)16-12(14-15-13(16)17)8-10-4-6-11(18-3)7-5-10/h4-7,9H,8H2,1-3H3,(H,15,17). The molecule has 0 amide bonds. The zero-order valence-electron chi connectivity index (χ0n) is 10.8. The fourth-order valence-corrected chi connectivity index (χ4v) is 1.92. The number of nitrogens with one attached hydrogen (secondary N) is 1. The van der Waals surface area contributed by atoms with Crippen LogP contribution in [0.5, 0.6) is 5.75 Å². The number of hydrogen-bond donors (Lipinski definition) is 1. The van der Waals surface area contributed by atoms with Crippen molar-refractivity contribution in [1.29, 1.82) is 0 Å². The summed E-state index contributed by atoms with van der Waals surface area (Å²) in [5, 5.41) is 6.56. The molecule has 1 aromatic heterocycles. The van der Waals surface area contributed by atoms with Gasteiger partial charge in [0.1, 0.15) is 11.6 Å². The van der Waals surface area contributed by atoms with Gasteiger partial charge in [-0.05, 0) is 31.5 Å². The molecule has 96 valence electrons. The van der Waals surface area contributed by atoms with Gasteiger partial charge in [-0.1, -0.05) is 12.1 Å². The predicted octanol–water partition coefficient (Wildman–Crippen LogP) is 1.75. The molecule has 5 heteroatoms. The van der Waals surface area contributed by atoms with Crippen molar-refractivity contribution in [3.63, 3.8) is 0 Å². The van der Waals surface area contributed by atoms with Gasteiger partial charge in [-0.15, -0.1) is 0 Å². The Bertz CT molecular complexity index is 567. The molecule has 5 nitrogen and oxygen atoms in total. The molecular formula is C13H17N3O2. The van der Waals surface area contributed by atoms with Crippen molar-refractivity contribution in [3.8, 4) is 5.75 Å². The molecule has 0 aliphatic carbocycles. The van der Waals surface area contributed by atoms with Crippen LogP contribution in [0, 0.1) is 0 Å². The predicted molar refractivity (Wildman–Crippen MR) is 69.0 cm³/mol. The van der Waals surface area contributed by atoms with E-state index < -0.39 is 0 Å². The first-order chi connectivity index (χ1) is 8.61. The van der Waals surface area contributed by atoms with E-state index in [-0.39, 0.29) is 11.7 Å². The van der Waals surface area contributed by atoms with E-state index in [1.807, 2.05) is 38.1 Å². The van der Waals surface area contributed by atoms with Crippen LogP contribution in [0.15, 0.2) is 29.1 Å². The van der Waals surface area contributed by atoms with Gasteiger partial charge in [0.25, 0.3) is 0 Å². The number of hydrogen-bond acceptors (Lipinski definition) is 3. The van der Waals surface area contributed by atoms with E-state index in [0.717, 1.165) is 17.1 Å². The van der Waals surface area contributed by atoms with Gasteiger partial charge in [0.05, 0.1) is 7.11 Å². The third-order valence-electron chi connectivity index (χ3n) is 2.82. The summed E-state index contributed by atoms with van der Waals surface area (Å²) in [5.41, 5.74) is 0.935. The summed E-state index contributed by atoms with van der Waals surface area (Å²) in [5.74, 6) is 1.57. The van der Waals surface area contributed by atoms with Crippen molar-refractivity contribution in [2.24, 2.45) is 0 Å². The number of ether oxygens (including phenoxy) is 1. The minimum Gasteiger partial charge on any atom is -0.497 e. The van der Waals surface area contributed by atoms with Crippen molar-refractivity contribution >= 4 is 0 Å². The van der Waals surface area contributed by atoms with Crippen LogP contribution in [0.25, 0.3) is 0 Å². The van der Waals surface area contributed by atoms with Crippen LogP contribution in [-0.4, -0.2) is 21.9 Å². The number of H-pyrrole nitrogens is 1. The van der Waals surface area contributed by atoms with Gasteiger partial charge >= 0.3 is 5.69 Å². The normalized spacial score (nSPS) is 10.9.